The van der Waals surface area contributed by atoms with E-state index in [1.54, 1.807) is 24.3 Å². The van der Waals surface area contributed by atoms with Crippen LogP contribution in [0.25, 0.3) is 0 Å². The van der Waals surface area contributed by atoms with Gasteiger partial charge in [-0.1, -0.05) is 55.8 Å². The highest BCUT2D eigenvalue weighted by molar-refractivity contribution is 6.30. The number of hydrogen-bond donors (Lipinski definition) is 2. The Balaban J connectivity index is 1.62. The van der Waals surface area contributed by atoms with E-state index in [0.29, 0.717) is 36.1 Å². The van der Waals surface area contributed by atoms with Crippen molar-refractivity contribution in [3.05, 3.63) is 70.7 Å². The third-order valence-electron chi connectivity index (χ3n) is 5.36. The summed E-state index contributed by atoms with van der Waals surface area (Å²) in [5, 5.41) is 6.42. The van der Waals surface area contributed by atoms with Gasteiger partial charge in [0.05, 0.1) is 12.7 Å². The van der Waals surface area contributed by atoms with Crippen LogP contribution in [-0.2, 0) is 16.0 Å². The van der Waals surface area contributed by atoms with Gasteiger partial charge in [0.25, 0.3) is 5.91 Å². The number of carbonyl (C=O) groups excluding carboxylic acids is 2. The Kier molecular flexibility index (Phi) is 9.09. The summed E-state index contributed by atoms with van der Waals surface area (Å²) in [6.07, 6.45) is 0.340. The predicted molar refractivity (Wildman–Crippen MR) is 127 cm³/mol. The summed E-state index contributed by atoms with van der Waals surface area (Å²) in [7, 11) is 0. The molecule has 0 bridgehead atoms. The minimum Gasteiger partial charge on any atom is -0.374 e. The highest BCUT2D eigenvalue weighted by Crippen LogP contribution is 2.11. The second-order valence-corrected chi connectivity index (χ2v) is 9.05. The van der Waals surface area contributed by atoms with Crippen LogP contribution in [0, 0.1) is 5.92 Å². The summed E-state index contributed by atoms with van der Waals surface area (Å²) in [5.74, 6) is 0.0530. The third kappa shape index (κ3) is 7.62. The van der Waals surface area contributed by atoms with E-state index >= 15 is 0 Å². The molecule has 1 fully saturated rings. The van der Waals surface area contributed by atoms with Gasteiger partial charge in [0, 0.05) is 43.2 Å². The Morgan fingerprint density at radius 2 is 1.84 bits per heavy atom. The van der Waals surface area contributed by atoms with E-state index in [-0.39, 0.29) is 17.9 Å². The molecule has 0 aliphatic carbocycles. The lowest BCUT2D eigenvalue weighted by Gasteiger charge is -2.34. The molecule has 7 heteroatoms. The van der Waals surface area contributed by atoms with E-state index in [2.05, 4.69) is 29.4 Å². The van der Waals surface area contributed by atoms with Crippen LogP contribution in [0.3, 0.4) is 0 Å². The standard InChI is InChI=1S/C25H32ClN3O3/c1-18(2)16-29-12-13-32-22(17-29)15-27-25(31)23(14-19-6-4-3-5-7-19)28-24(30)20-8-10-21(26)11-9-20/h3-11,18,22-23H,12-17H2,1-2H3,(H,27,31)(H,28,30). The first-order valence-electron chi connectivity index (χ1n) is 11.1. The molecule has 0 radical (unpaired) electrons. The molecule has 2 N–H and O–H groups in total. The molecule has 2 atom stereocenters. The first-order chi connectivity index (χ1) is 15.4. The van der Waals surface area contributed by atoms with Crippen molar-refractivity contribution >= 4 is 23.4 Å². The van der Waals surface area contributed by atoms with Gasteiger partial charge in [-0.25, -0.2) is 0 Å². The number of carbonyl (C=O) groups is 2. The van der Waals surface area contributed by atoms with Crippen molar-refractivity contribution in [2.45, 2.75) is 32.4 Å². The maximum absolute atomic E-state index is 13.1. The van der Waals surface area contributed by atoms with E-state index in [9.17, 15) is 9.59 Å². The number of nitrogens with zero attached hydrogens (tertiary/aromatic N) is 1. The number of ether oxygens (including phenoxy) is 1. The van der Waals surface area contributed by atoms with Gasteiger partial charge in [-0.3, -0.25) is 14.5 Å². The largest absolute Gasteiger partial charge is 0.374 e. The maximum atomic E-state index is 13.1. The molecule has 1 saturated heterocycles. The van der Waals surface area contributed by atoms with Crippen molar-refractivity contribution in [3.8, 4) is 0 Å². The molecule has 1 aliphatic heterocycles. The van der Waals surface area contributed by atoms with E-state index in [0.717, 1.165) is 25.2 Å². The van der Waals surface area contributed by atoms with Crippen LogP contribution in [0.2, 0.25) is 5.02 Å². The average molecular weight is 458 g/mol. The number of hydrogen-bond acceptors (Lipinski definition) is 4. The topological polar surface area (TPSA) is 70.7 Å². The van der Waals surface area contributed by atoms with Gasteiger partial charge in [-0.2, -0.15) is 0 Å². The second-order valence-electron chi connectivity index (χ2n) is 8.61. The fraction of sp³-hybridized carbons (Fsp3) is 0.440. The molecular weight excluding hydrogens is 426 g/mol. The van der Waals surface area contributed by atoms with Crippen molar-refractivity contribution < 1.29 is 14.3 Å². The normalized spacial score (nSPS) is 17.7. The molecule has 2 aromatic rings. The fourth-order valence-electron chi connectivity index (χ4n) is 3.83. The summed E-state index contributed by atoms with van der Waals surface area (Å²) in [6.45, 7) is 8.19. The zero-order valence-electron chi connectivity index (χ0n) is 18.7. The molecule has 32 heavy (non-hydrogen) atoms. The average Bonchev–Trinajstić information content (AvgIpc) is 2.78. The zero-order valence-corrected chi connectivity index (χ0v) is 19.5. The Bertz CT molecular complexity index is 874. The van der Waals surface area contributed by atoms with Gasteiger partial charge in [0.2, 0.25) is 5.91 Å². The number of morpholine rings is 1. The van der Waals surface area contributed by atoms with E-state index in [1.165, 1.54) is 0 Å². The van der Waals surface area contributed by atoms with Crippen molar-refractivity contribution in [3.63, 3.8) is 0 Å². The Labute approximate surface area is 195 Å². The molecule has 0 spiro atoms. The molecule has 0 saturated carbocycles. The van der Waals surface area contributed by atoms with Crippen LogP contribution < -0.4 is 10.6 Å². The summed E-state index contributed by atoms with van der Waals surface area (Å²) in [6, 6.07) is 15.6. The Hall–Kier alpha value is -2.41. The van der Waals surface area contributed by atoms with Crippen LogP contribution in [0.1, 0.15) is 29.8 Å². The van der Waals surface area contributed by atoms with Crippen LogP contribution in [0.5, 0.6) is 0 Å². The van der Waals surface area contributed by atoms with Crippen LogP contribution in [0.15, 0.2) is 54.6 Å². The van der Waals surface area contributed by atoms with E-state index in [1.807, 2.05) is 30.3 Å². The molecule has 172 valence electrons. The van der Waals surface area contributed by atoms with Crippen LogP contribution >= 0.6 is 11.6 Å². The van der Waals surface area contributed by atoms with Crippen molar-refractivity contribution in [2.75, 3.05) is 32.8 Å². The van der Waals surface area contributed by atoms with Crippen LogP contribution in [0.4, 0.5) is 0 Å². The Morgan fingerprint density at radius 3 is 2.53 bits per heavy atom. The zero-order chi connectivity index (χ0) is 22.9. The van der Waals surface area contributed by atoms with E-state index in [4.69, 9.17) is 16.3 Å². The van der Waals surface area contributed by atoms with Gasteiger partial charge < -0.3 is 15.4 Å². The van der Waals surface area contributed by atoms with Crippen molar-refractivity contribution in [1.29, 1.82) is 0 Å². The smallest absolute Gasteiger partial charge is 0.251 e. The first kappa shape index (κ1) is 24.2. The summed E-state index contributed by atoms with van der Waals surface area (Å²) < 4.78 is 5.84. The molecular formula is C25H32ClN3O3. The van der Waals surface area contributed by atoms with Gasteiger partial charge in [0.15, 0.2) is 0 Å². The quantitative estimate of drug-likeness (QED) is 0.606. The molecule has 2 unspecified atom stereocenters. The number of amides is 2. The van der Waals surface area contributed by atoms with Gasteiger partial charge in [0.1, 0.15) is 6.04 Å². The van der Waals surface area contributed by atoms with Crippen molar-refractivity contribution in [1.82, 2.24) is 15.5 Å². The van der Waals surface area contributed by atoms with Gasteiger partial charge in [-0.15, -0.1) is 0 Å². The molecule has 1 aliphatic rings. The number of benzene rings is 2. The molecule has 1 heterocycles. The molecule has 3 rings (SSSR count). The van der Waals surface area contributed by atoms with Gasteiger partial charge >= 0.3 is 0 Å². The van der Waals surface area contributed by atoms with Gasteiger partial charge in [-0.05, 0) is 35.7 Å². The fourth-order valence-corrected chi connectivity index (χ4v) is 3.95. The monoisotopic (exact) mass is 457 g/mol. The van der Waals surface area contributed by atoms with E-state index < -0.39 is 6.04 Å². The van der Waals surface area contributed by atoms with Crippen molar-refractivity contribution in [2.24, 2.45) is 5.92 Å². The highest BCUT2D eigenvalue weighted by atomic mass is 35.5. The third-order valence-corrected chi connectivity index (χ3v) is 5.61. The first-order valence-corrected chi connectivity index (χ1v) is 11.5. The lowest BCUT2D eigenvalue weighted by molar-refractivity contribution is -0.124. The highest BCUT2D eigenvalue weighted by Gasteiger charge is 2.25. The predicted octanol–water partition coefficient (Wildman–Crippen LogP) is 3.15. The Morgan fingerprint density at radius 1 is 1.12 bits per heavy atom. The number of nitrogens with one attached hydrogen (secondary N) is 2. The molecule has 2 amide bonds. The second kappa shape index (κ2) is 12.0. The minimum absolute atomic E-state index is 0.0595. The number of halogens is 1. The molecule has 0 aromatic heterocycles. The summed E-state index contributed by atoms with van der Waals surface area (Å²) in [5.41, 5.74) is 1.43. The lowest BCUT2D eigenvalue weighted by Crippen LogP contribution is -2.52. The van der Waals surface area contributed by atoms with Crippen LogP contribution in [-0.4, -0.2) is 61.6 Å². The number of rotatable bonds is 9. The minimum atomic E-state index is -0.698. The lowest BCUT2D eigenvalue weighted by atomic mass is 10.0. The molecule has 6 nitrogen and oxygen atoms in total. The molecule has 2 aromatic carbocycles. The maximum Gasteiger partial charge on any atom is 0.251 e. The summed E-state index contributed by atoms with van der Waals surface area (Å²) >= 11 is 5.92. The SMILES string of the molecule is CC(C)CN1CCOC(CNC(=O)C(Cc2ccccc2)NC(=O)c2ccc(Cl)cc2)C1. The summed E-state index contributed by atoms with van der Waals surface area (Å²) in [4.78, 5) is 28.2.